The number of pyridine rings is 1. The number of para-hydroxylation sites is 2. The second kappa shape index (κ2) is 12.9. The van der Waals surface area contributed by atoms with Crippen LogP contribution in [0.15, 0.2) is 205 Å². The van der Waals surface area contributed by atoms with Crippen molar-refractivity contribution in [2.45, 2.75) is 5.41 Å². The van der Waals surface area contributed by atoms with E-state index < -0.39 is 5.41 Å². The van der Waals surface area contributed by atoms with E-state index in [0.717, 1.165) is 66.8 Å². The van der Waals surface area contributed by atoms with E-state index in [4.69, 9.17) is 24.4 Å². The van der Waals surface area contributed by atoms with Gasteiger partial charge < -0.3 is 9.32 Å². The molecule has 1 aliphatic heterocycles. The van der Waals surface area contributed by atoms with Crippen LogP contribution in [0.5, 0.6) is 0 Å². The number of benzene rings is 8. The van der Waals surface area contributed by atoms with Crippen molar-refractivity contribution < 1.29 is 4.42 Å². The third-order valence-corrected chi connectivity index (χ3v) is 12.5. The Labute approximate surface area is 351 Å². The first-order valence-electron chi connectivity index (χ1n) is 20.6. The van der Waals surface area contributed by atoms with Gasteiger partial charge in [0, 0.05) is 55.9 Å². The Kier molecular flexibility index (Phi) is 7.13. The summed E-state index contributed by atoms with van der Waals surface area (Å²) in [7, 11) is 0. The van der Waals surface area contributed by atoms with Crippen molar-refractivity contribution in [1.29, 1.82) is 0 Å². The van der Waals surface area contributed by atoms with Crippen molar-refractivity contribution in [2.24, 2.45) is 0 Å². The summed E-state index contributed by atoms with van der Waals surface area (Å²) < 4.78 is 6.62. The van der Waals surface area contributed by atoms with Crippen LogP contribution in [0.25, 0.3) is 78.1 Å². The standard InChI is InChI=1S/C55H33N5O/c1-3-16-34(17-4-1)52-57-53(35-18-5-2-6-19-35)59-54(58-52)40-23-15-29-48-49(40)41-32-37(30-31-47(41)61-48)60-45-27-13-11-25-43(45)55(44-26-12-14-28-46(44)60)42-24-10-9-22-39(42)51-50(55)38-21-8-7-20-36(38)33-56-51/h1-33H. The molecule has 0 unspecified atom stereocenters. The van der Waals surface area contributed by atoms with Crippen molar-refractivity contribution in [2.75, 3.05) is 4.90 Å². The summed E-state index contributed by atoms with van der Waals surface area (Å²) in [5, 5.41) is 4.27. The Bertz CT molecular complexity index is 3460. The fraction of sp³-hybridized carbons (Fsp3) is 0.0182. The maximum absolute atomic E-state index is 6.62. The maximum atomic E-state index is 6.62. The van der Waals surface area contributed by atoms with Crippen molar-refractivity contribution in [3.8, 4) is 45.4 Å². The molecule has 0 amide bonds. The number of fused-ring (bicyclic) bond motifs is 14. The lowest BCUT2D eigenvalue weighted by molar-refractivity contribution is 0.669. The quantitative estimate of drug-likeness (QED) is 0.177. The number of anilines is 3. The predicted octanol–water partition coefficient (Wildman–Crippen LogP) is 13.5. The Morgan fingerprint density at radius 1 is 0.443 bits per heavy atom. The normalized spacial score (nSPS) is 13.3. The molecule has 1 spiro atoms. The van der Waals surface area contributed by atoms with Crippen LogP contribution in [0.3, 0.4) is 0 Å². The lowest BCUT2D eigenvalue weighted by Gasteiger charge is -2.45. The number of nitrogens with zero attached hydrogens (tertiary/aromatic N) is 5. The summed E-state index contributed by atoms with van der Waals surface area (Å²) in [6, 6.07) is 68.1. The largest absolute Gasteiger partial charge is 0.456 e. The molecule has 0 saturated carbocycles. The molecule has 0 atom stereocenters. The van der Waals surface area contributed by atoms with Gasteiger partial charge in [0.25, 0.3) is 0 Å². The van der Waals surface area contributed by atoms with Gasteiger partial charge in [-0.25, -0.2) is 15.0 Å². The molecule has 8 aromatic carbocycles. The molecule has 61 heavy (non-hydrogen) atoms. The highest BCUT2D eigenvalue weighted by atomic mass is 16.3. The number of hydrogen-bond donors (Lipinski definition) is 0. The molecule has 13 rings (SSSR count). The Balaban J connectivity index is 1.05. The van der Waals surface area contributed by atoms with Gasteiger partial charge in [0.15, 0.2) is 17.5 Å². The Morgan fingerprint density at radius 2 is 1.03 bits per heavy atom. The molecule has 0 fully saturated rings. The molecule has 1 aliphatic carbocycles. The van der Waals surface area contributed by atoms with E-state index in [2.05, 4.69) is 126 Å². The number of hydrogen-bond acceptors (Lipinski definition) is 6. The first-order chi connectivity index (χ1) is 30.3. The maximum Gasteiger partial charge on any atom is 0.164 e. The molecule has 6 nitrogen and oxygen atoms in total. The smallest absolute Gasteiger partial charge is 0.164 e. The summed E-state index contributed by atoms with van der Waals surface area (Å²) in [5.74, 6) is 1.81. The van der Waals surface area contributed by atoms with Crippen LogP contribution in [0.1, 0.15) is 22.3 Å². The van der Waals surface area contributed by atoms with Crippen LogP contribution >= 0.6 is 0 Å². The van der Waals surface area contributed by atoms with Gasteiger partial charge in [-0.1, -0.05) is 158 Å². The van der Waals surface area contributed by atoms with E-state index in [-0.39, 0.29) is 0 Å². The molecule has 0 N–H and O–H groups in total. The summed E-state index contributed by atoms with van der Waals surface area (Å²) >= 11 is 0. The molecule has 3 aromatic heterocycles. The van der Waals surface area contributed by atoms with Gasteiger partial charge in [-0.3, -0.25) is 4.98 Å². The van der Waals surface area contributed by atoms with Crippen LogP contribution in [0.2, 0.25) is 0 Å². The van der Waals surface area contributed by atoms with Gasteiger partial charge >= 0.3 is 0 Å². The molecule has 284 valence electrons. The highest BCUT2D eigenvalue weighted by Crippen LogP contribution is 2.64. The second-order valence-electron chi connectivity index (χ2n) is 15.7. The van der Waals surface area contributed by atoms with Gasteiger partial charge in [-0.15, -0.1) is 0 Å². The second-order valence-corrected chi connectivity index (χ2v) is 15.7. The molecular formula is C55H33N5O. The van der Waals surface area contributed by atoms with Crippen molar-refractivity contribution in [1.82, 2.24) is 19.9 Å². The zero-order chi connectivity index (χ0) is 40.1. The lowest BCUT2D eigenvalue weighted by atomic mass is 9.64. The monoisotopic (exact) mass is 779 g/mol. The molecular weight excluding hydrogens is 747 g/mol. The van der Waals surface area contributed by atoms with Crippen LogP contribution in [0.4, 0.5) is 17.1 Å². The molecule has 11 aromatic rings. The number of aromatic nitrogens is 4. The summed E-state index contributed by atoms with van der Waals surface area (Å²) in [5.41, 5.74) is 14.0. The molecule has 0 saturated heterocycles. The van der Waals surface area contributed by atoms with Crippen LogP contribution < -0.4 is 4.90 Å². The van der Waals surface area contributed by atoms with Gasteiger partial charge in [-0.2, -0.15) is 0 Å². The Hall–Kier alpha value is -8.22. The van der Waals surface area contributed by atoms with Crippen molar-refractivity contribution >= 4 is 49.8 Å². The zero-order valence-corrected chi connectivity index (χ0v) is 32.7. The van der Waals surface area contributed by atoms with Crippen LogP contribution in [-0.2, 0) is 5.41 Å². The predicted molar refractivity (Wildman–Crippen MR) is 244 cm³/mol. The highest BCUT2D eigenvalue weighted by Gasteiger charge is 2.53. The van der Waals surface area contributed by atoms with Crippen LogP contribution in [0, 0.1) is 0 Å². The molecule has 6 heteroatoms. The van der Waals surface area contributed by atoms with E-state index in [1.54, 1.807) is 0 Å². The third-order valence-electron chi connectivity index (χ3n) is 12.5. The highest BCUT2D eigenvalue weighted by molar-refractivity contribution is 6.13. The van der Waals surface area contributed by atoms with Crippen molar-refractivity contribution in [3.63, 3.8) is 0 Å². The van der Waals surface area contributed by atoms with Gasteiger partial charge in [0.2, 0.25) is 0 Å². The number of rotatable bonds is 4. The van der Waals surface area contributed by atoms with E-state index in [9.17, 15) is 0 Å². The van der Waals surface area contributed by atoms with Gasteiger partial charge in [-0.05, 0) is 58.5 Å². The average molecular weight is 780 g/mol. The topological polar surface area (TPSA) is 67.9 Å². The summed E-state index contributed by atoms with van der Waals surface area (Å²) in [6.45, 7) is 0. The third kappa shape index (κ3) is 4.78. The lowest BCUT2D eigenvalue weighted by Crippen LogP contribution is -2.36. The van der Waals surface area contributed by atoms with E-state index in [1.165, 1.54) is 33.2 Å². The summed E-state index contributed by atoms with van der Waals surface area (Å²) in [6.07, 6.45) is 2.03. The minimum absolute atomic E-state index is 0.585. The van der Waals surface area contributed by atoms with E-state index >= 15 is 0 Å². The fourth-order valence-electron chi connectivity index (χ4n) is 10.1. The Morgan fingerprint density at radius 3 is 1.75 bits per heavy atom. The fourth-order valence-corrected chi connectivity index (χ4v) is 10.1. The average Bonchev–Trinajstić information content (AvgIpc) is 3.86. The SMILES string of the molecule is c1ccc(-c2nc(-c3ccccc3)nc(-c3cccc4oc5ccc(N6c7ccccc7C7(c8ccccc8-c8ncc9ccccc9c87)c7ccccc76)cc5c34)n2)cc1. The summed E-state index contributed by atoms with van der Waals surface area (Å²) in [4.78, 5) is 22.8. The minimum Gasteiger partial charge on any atom is -0.456 e. The molecule has 4 heterocycles. The molecule has 2 aliphatic rings. The zero-order valence-electron chi connectivity index (χ0n) is 32.7. The minimum atomic E-state index is -0.602. The first-order valence-corrected chi connectivity index (χ1v) is 20.6. The first kappa shape index (κ1) is 33.7. The molecule has 0 radical (unpaired) electrons. The van der Waals surface area contributed by atoms with Gasteiger partial charge in [0.1, 0.15) is 11.2 Å². The van der Waals surface area contributed by atoms with Crippen LogP contribution in [-0.4, -0.2) is 19.9 Å². The van der Waals surface area contributed by atoms with Crippen molar-refractivity contribution in [3.05, 3.63) is 223 Å². The number of furan rings is 1. The van der Waals surface area contributed by atoms with Gasteiger partial charge in [0.05, 0.1) is 22.5 Å². The van der Waals surface area contributed by atoms with E-state index in [0.29, 0.717) is 17.5 Å². The van der Waals surface area contributed by atoms with E-state index in [1.807, 2.05) is 79.0 Å². The molecule has 0 bridgehead atoms.